The average molecular weight is 466 g/mol. The summed E-state index contributed by atoms with van der Waals surface area (Å²) in [6, 6.07) is 8.93. The highest BCUT2D eigenvalue weighted by Crippen LogP contribution is 2.31. The summed E-state index contributed by atoms with van der Waals surface area (Å²) in [6.45, 7) is 1.36. The zero-order chi connectivity index (χ0) is 23.7. The van der Waals surface area contributed by atoms with Gasteiger partial charge in [-0.25, -0.2) is 17.6 Å². The fourth-order valence-corrected chi connectivity index (χ4v) is 5.69. The van der Waals surface area contributed by atoms with Crippen LogP contribution in [-0.4, -0.2) is 54.3 Å². The van der Waals surface area contributed by atoms with E-state index in [1.54, 1.807) is 6.07 Å². The van der Waals surface area contributed by atoms with Gasteiger partial charge in [0, 0.05) is 6.54 Å². The zero-order valence-electron chi connectivity index (χ0n) is 17.3. The van der Waals surface area contributed by atoms with Gasteiger partial charge >= 0.3 is 12.0 Å². The van der Waals surface area contributed by atoms with E-state index in [1.807, 2.05) is 6.92 Å². The molecule has 5 N–H and O–H groups in total. The number of sulfone groups is 1. The summed E-state index contributed by atoms with van der Waals surface area (Å²) in [4.78, 5) is 24.2. The first-order valence-electron chi connectivity index (χ1n) is 9.73. The van der Waals surface area contributed by atoms with Crippen molar-refractivity contribution < 1.29 is 32.2 Å². The molecule has 3 rings (SSSR count). The van der Waals surface area contributed by atoms with Gasteiger partial charge < -0.3 is 26.2 Å². The lowest BCUT2D eigenvalue weighted by Crippen LogP contribution is -2.69. The Balaban J connectivity index is 1.80. The number of likely N-dealkylation sites (tertiary alicyclic amines) is 1. The van der Waals surface area contributed by atoms with Crippen LogP contribution in [0.4, 0.5) is 9.18 Å². The van der Waals surface area contributed by atoms with Crippen LogP contribution in [0.1, 0.15) is 17.5 Å². The largest absolute Gasteiger partial charge is 0.489 e. The van der Waals surface area contributed by atoms with E-state index in [0.29, 0.717) is 11.3 Å². The molecule has 172 valence electrons. The molecule has 0 bridgehead atoms. The molecule has 11 heteroatoms. The number of carbonyl (C=O) groups is 2. The van der Waals surface area contributed by atoms with Crippen LogP contribution in [-0.2, 0) is 21.2 Å². The molecule has 2 unspecified atom stereocenters. The molecule has 2 aromatic carbocycles. The fraction of sp³-hybridized carbons (Fsp3) is 0.333. The Morgan fingerprint density at radius 1 is 1.25 bits per heavy atom. The first-order chi connectivity index (χ1) is 14.9. The van der Waals surface area contributed by atoms with Gasteiger partial charge in [0.1, 0.15) is 23.7 Å². The van der Waals surface area contributed by atoms with Crippen LogP contribution in [0.3, 0.4) is 0 Å². The van der Waals surface area contributed by atoms with Crippen LogP contribution in [0, 0.1) is 12.7 Å². The van der Waals surface area contributed by atoms with Gasteiger partial charge in [0.05, 0.1) is 16.7 Å². The summed E-state index contributed by atoms with van der Waals surface area (Å²) < 4.78 is 45.4. The maximum atomic E-state index is 13.4. The summed E-state index contributed by atoms with van der Waals surface area (Å²) in [6.07, 6.45) is -0.175. The van der Waals surface area contributed by atoms with Crippen LogP contribution in [0.5, 0.6) is 5.75 Å². The van der Waals surface area contributed by atoms with Crippen molar-refractivity contribution in [2.45, 2.75) is 35.6 Å². The molecule has 32 heavy (non-hydrogen) atoms. The number of aliphatic carboxylic acids is 1. The number of piperidine rings is 1. The highest BCUT2D eigenvalue weighted by Gasteiger charge is 2.53. The van der Waals surface area contributed by atoms with E-state index >= 15 is 0 Å². The molecule has 0 saturated carbocycles. The molecule has 2 aromatic rings. The van der Waals surface area contributed by atoms with E-state index in [-0.39, 0.29) is 30.3 Å². The van der Waals surface area contributed by atoms with E-state index in [1.165, 1.54) is 36.4 Å². The lowest BCUT2D eigenvalue weighted by Gasteiger charge is -2.41. The van der Waals surface area contributed by atoms with Crippen molar-refractivity contribution in [3.8, 4) is 5.75 Å². The highest BCUT2D eigenvalue weighted by atomic mass is 32.2. The standard InChI is InChI=1S/C21H24FN3O6S/c1-13-2-3-15(22)10-14(13)11-31-16-4-6-17(7-5-16)32(29,30)18-8-9-25(20(23)28)12-21(18,24)19(26)27/h2-7,10,18H,8-9,11-12,24H2,1H3,(H2,23,28)(H,26,27). The van der Waals surface area contributed by atoms with Crippen molar-refractivity contribution in [3.63, 3.8) is 0 Å². The third-order valence-corrected chi connectivity index (χ3v) is 7.97. The number of ether oxygens (including phenoxy) is 1. The van der Waals surface area contributed by atoms with Crippen LogP contribution in [0.2, 0.25) is 0 Å². The second-order valence-corrected chi connectivity index (χ2v) is 9.89. The number of nitrogens with zero attached hydrogens (tertiary/aromatic N) is 1. The third-order valence-electron chi connectivity index (χ3n) is 5.63. The number of carboxylic acids is 1. The monoisotopic (exact) mass is 465 g/mol. The molecule has 0 spiro atoms. The number of hydrogen-bond donors (Lipinski definition) is 3. The minimum atomic E-state index is -4.15. The second kappa shape index (κ2) is 8.75. The minimum Gasteiger partial charge on any atom is -0.489 e. The van der Waals surface area contributed by atoms with Gasteiger partial charge in [0.15, 0.2) is 9.84 Å². The van der Waals surface area contributed by atoms with E-state index in [4.69, 9.17) is 16.2 Å². The number of halogens is 1. The van der Waals surface area contributed by atoms with E-state index in [9.17, 15) is 27.5 Å². The maximum absolute atomic E-state index is 13.4. The third kappa shape index (κ3) is 4.53. The lowest BCUT2D eigenvalue weighted by atomic mass is 9.89. The van der Waals surface area contributed by atoms with Crippen molar-refractivity contribution in [2.75, 3.05) is 13.1 Å². The number of hydrogen-bond acceptors (Lipinski definition) is 6. The predicted molar refractivity (Wildman–Crippen MR) is 113 cm³/mol. The van der Waals surface area contributed by atoms with Crippen LogP contribution >= 0.6 is 0 Å². The fourth-order valence-electron chi connectivity index (χ4n) is 3.70. The number of rotatable bonds is 6. The summed E-state index contributed by atoms with van der Waals surface area (Å²) in [5.41, 5.74) is 10.5. The van der Waals surface area contributed by atoms with Crippen molar-refractivity contribution in [2.24, 2.45) is 11.5 Å². The van der Waals surface area contributed by atoms with Gasteiger partial charge in [-0.3, -0.25) is 4.79 Å². The lowest BCUT2D eigenvalue weighted by molar-refractivity contribution is -0.144. The van der Waals surface area contributed by atoms with E-state index in [0.717, 1.165) is 10.5 Å². The predicted octanol–water partition coefficient (Wildman–Crippen LogP) is 1.42. The van der Waals surface area contributed by atoms with Crippen molar-refractivity contribution in [3.05, 3.63) is 59.4 Å². The molecule has 1 saturated heterocycles. The average Bonchev–Trinajstić information content (AvgIpc) is 2.74. The molecule has 0 aliphatic carbocycles. The molecular formula is C21H24FN3O6S. The molecule has 2 atom stereocenters. The topological polar surface area (TPSA) is 153 Å². The summed E-state index contributed by atoms with van der Waals surface area (Å²) in [7, 11) is -4.15. The molecule has 9 nitrogen and oxygen atoms in total. The Morgan fingerprint density at radius 3 is 2.50 bits per heavy atom. The molecule has 1 fully saturated rings. The van der Waals surface area contributed by atoms with Gasteiger partial charge in [-0.05, 0) is 60.9 Å². The van der Waals surface area contributed by atoms with Crippen LogP contribution in [0.15, 0.2) is 47.4 Å². The Morgan fingerprint density at radius 2 is 1.91 bits per heavy atom. The number of primary amides is 1. The first-order valence-corrected chi connectivity index (χ1v) is 11.3. The van der Waals surface area contributed by atoms with Gasteiger partial charge in [0.25, 0.3) is 0 Å². The van der Waals surface area contributed by atoms with E-state index < -0.39 is 39.2 Å². The number of urea groups is 1. The molecule has 0 aromatic heterocycles. The summed E-state index contributed by atoms with van der Waals surface area (Å²) in [5.74, 6) is -1.57. The number of benzene rings is 2. The normalized spacial score (nSPS) is 21.2. The number of aryl methyl sites for hydroxylation is 1. The Hall–Kier alpha value is -3.18. The van der Waals surface area contributed by atoms with Gasteiger partial charge in [0.2, 0.25) is 0 Å². The van der Waals surface area contributed by atoms with Crippen LogP contribution < -0.4 is 16.2 Å². The molecule has 1 aliphatic heterocycles. The van der Waals surface area contributed by atoms with Gasteiger partial charge in [-0.1, -0.05) is 6.07 Å². The van der Waals surface area contributed by atoms with Gasteiger partial charge in [-0.15, -0.1) is 0 Å². The Bertz CT molecular complexity index is 1140. The molecule has 0 radical (unpaired) electrons. The first kappa shape index (κ1) is 23.5. The molecule has 1 aliphatic rings. The summed E-state index contributed by atoms with van der Waals surface area (Å²) >= 11 is 0. The second-order valence-electron chi connectivity index (χ2n) is 7.76. The molecule has 2 amide bonds. The number of carboxylic acid groups (broad SMARTS) is 1. The smallest absolute Gasteiger partial charge is 0.326 e. The Labute approximate surface area is 184 Å². The quantitative estimate of drug-likeness (QED) is 0.583. The van der Waals surface area contributed by atoms with Crippen molar-refractivity contribution >= 4 is 21.8 Å². The summed E-state index contributed by atoms with van der Waals surface area (Å²) in [5, 5.41) is 8.17. The Kier molecular flexibility index (Phi) is 6.42. The molecular weight excluding hydrogens is 441 g/mol. The van der Waals surface area contributed by atoms with E-state index in [2.05, 4.69) is 0 Å². The van der Waals surface area contributed by atoms with Gasteiger partial charge in [-0.2, -0.15) is 0 Å². The SMILES string of the molecule is Cc1ccc(F)cc1COc1ccc(S(=O)(=O)C2CCN(C(N)=O)CC2(N)C(=O)O)cc1. The van der Waals surface area contributed by atoms with Crippen molar-refractivity contribution in [1.82, 2.24) is 4.90 Å². The number of nitrogens with two attached hydrogens (primary N) is 2. The number of amides is 2. The van der Waals surface area contributed by atoms with Crippen molar-refractivity contribution in [1.29, 1.82) is 0 Å². The number of carbonyl (C=O) groups excluding carboxylic acids is 1. The maximum Gasteiger partial charge on any atom is 0.326 e. The minimum absolute atomic E-state index is 0.0281. The zero-order valence-corrected chi connectivity index (χ0v) is 18.1. The molecule has 1 heterocycles. The highest BCUT2D eigenvalue weighted by molar-refractivity contribution is 7.92. The van der Waals surface area contributed by atoms with Crippen LogP contribution in [0.25, 0.3) is 0 Å².